The molecule has 0 spiro atoms. The van der Waals surface area contributed by atoms with Gasteiger partial charge in [0.2, 0.25) is 5.91 Å². The fraction of sp³-hybridized carbons (Fsp3) is 0.286. The van der Waals surface area contributed by atoms with Crippen molar-refractivity contribution in [2.75, 3.05) is 38.2 Å². The van der Waals surface area contributed by atoms with Crippen LogP contribution in [0, 0.1) is 0 Å². The summed E-state index contributed by atoms with van der Waals surface area (Å²) in [5.74, 6) is 0.419. The van der Waals surface area contributed by atoms with E-state index < -0.39 is 6.04 Å². The molecule has 6 heteroatoms. The second-order valence-corrected chi connectivity index (χ2v) is 8.78. The number of amides is 2. The van der Waals surface area contributed by atoms with Crippen LogP contribution < -0.4 is 9.64 Å². The molecule has 0 aromatic heterocycles. The van der Waals surface area contributed by atoms with Gasteiger partial charge >= 0.3 is 0 Å². The van der Waals surface area contributed by atoms with Gasteiger partial charge in [0.15, 0.2) is 0 Å². The largest absolute Gasteiger partial charge is 0.497 e. The lowest BCUT2D eigenvalue weighted by Gasteiger charge is -2.41. The highest BCUT2D eigenvalue weighted by atomic mass is 16.5. The second kappa shape index (κ2) is 9.79. The smallest absolute Gasteiger partial charge is 0.251 e. The summed E-state index contributed by atoms with van der Waals surface area (Å²) in [6.45, 7) is 3.15. The van der Waals surface area contributed by atoms with E-state index in [9.17, 15) is 9.59 Å². The number of nitrogens with zero attached hydrogens (tertiary/aromatic N) is 3. The topological polar surface area (TPSA) is 53.1 Å². The van der Waals surface area contributed by atoms with Crippen molar-refractivity contribution in [2.24, 2.45) is 0 Å². The number of hydrogen-bond acceptors (Lipinski definition) is 5. The van der Waals surface area contributed by atoms with Crippen molar-refractivity contribution in [3.8, 4) is 5.75 Å². The SMILES string of the molecule is COc1ccc(N2C(=O)CC(N3CCN(C(c4ccccc4)c4ccccc4)CC3)C2=O)cc1. The van der Waals surface area contributed by atoms with Crippen molar-refractivity contribution in [3.05, 3.63) is 96.1 Å². The van der Waals surface area contributed by atoms with Crippen molar-refractivity contribution < 1.29 is 14.3 Å². The van der Waals surface area contributed by atoms with Crippen LogP contribution in [0.3, 0.4) is 0 Å². The summed E-state index contributed by atoms with van der Waals surface area (Å²) in [5, 5.41) is 0. The number of carbonyl (C=O) groups excluding carboxylic acids is 2. The van der Waals surface area contributed by atoms with E-state index in [4.69, 9.17) is 4.74 Å². The first kappa shape index (κ1) is 22.3. The van der Waals surface area contributed by atoms with Crippen LogP contribution in [0.15, 0.2) is 84.9 Å². The van der Waals surface area contributed by atoms with Gasteiger partial charge in [0.25, 0.3) is 5.91 Å². The molecule has 2 amide bonds. The van der Waals surface area contributed by atoms with E-state index in [2.05, 4.69) is 58.3 Å². The Balaban J connectivity index is 1.29. The summed E-state index contributed by atoms with van der Waals surface area (Å²) < 4.78 is 5.19. The molecular formula is C28H29N3O3. The lowest BCUT2D eigenvalue weighted by Crippen LogP contribution is -2.53. The molecule has 6 nitrogen and oxygen atoms in total. The minimum absolute atomic E-state index is 0.133. The molecule has 5 rings (SSSR count). The summed E-state index contributed by atoms with van der Waals surface area (Å²) >= 11 is 0. The third kappa shape index (κ3) is 4.34. The molecule has 1 atom stereocenters. The number of anilines is 1. The first-order valence-electron chi connectivity index (χ1n) is 11.7. The monoisotopic (exact) mass is 455 g/mol. The molecule has 2 fully saturated rings. The van der Waals surface area contributed by atoms with Crippen LogP contribution in [-0.2, 0) is 9.59 Å². The van der Waals surface area contributed by atoms with E-state index >= 15 is 0 Å². The van der Waals surface area contributed by atoms with Crippen LogP contribution in [0.4, 0.5) is 5.69 Å². The molecule has 0 aliphatic carbocycles. The Morgan fingerprint density at radius 3 is 1.85 bits per heavy atom. The molecule has 2 heterocycles. The van der Waals surface area contributed by atoms with Crippen LogP contribution in [-0.4, -0.2) is 60.9 Å². The average molecular weight is 456 g/mol. The molecule has 174 valence electrons. The van der Waals surface area contributed by atoms with Gasteiger partial charge in [-0.05, 0) is 35.4 Å². The number of benzene rings is 3. The number of piperazine rings is 1. The normalized spacial score (nSPS) is 19.7. The van der Waals surface area contributed by atoms with Crippen molar-refractivity contribution in [1.29, 1.82) is 0 Å². The molecule has 2 aliphatic rings. The number of rotatable bonds is 6. The predicted octanol–water partition coefficient (Wildman–Crippen LogP) is 3.73. The van der Waals surface area contributed by atoms with Gasteiger partial charge in [0, 0.05) is 26.2 Å². The van der Waals surface area contributed by atoms with Crippen LogP contribution in [0.5, 0.6) is 5.75 Å². The van der Waals surface area contributed by atoms with E-state index in [1.165, 1.54) is 16.0 Å². The van der Waals surface area contributed by atoms with Gasteiger partial charge in [0.05, 0.1) is 31.3 Å². The molecule has 3 aromatic carbocycles. The Bertz CT molecular complexity index is 1090. The standard InChI is InChI=1S/C28H29N3O3/c1-34-24-14-12-23(13-15-24)31-26(32)20-25(28(31)33)29-16-18-30(19-17-29)27(21-8-4-2-5-9-21)22-10-6-3-7-11-22/h2-15,25,27H,16-20H2,1H3. The fourth-order valence-corrected chi connectivity index (χ4v) is 5.10. The van der Waals surface area contributed by atoms with Gasteiger partial charge in [-0.3, -0.25) is 19.4 Å². The summed E-state index contributed by atoms with van der Waals surface area (Å²) in [6.07, 6.45) is 0.228. The average Bonchev–Trinajstić information content (AvgIpc) is 3.19. The summed E-state index contributed by atoms with van der Waals surface area (Å²) in [7, 11) is 1.59. The van der Waals surface area contributed by atoms with E-state index in [1.807, 2.05) is 12.1 Å². The molecule has 34 heavy (non-hydrogen) atoms. The Kier molecular flexibility index (Phi) is 6.43. The maximum Gasteiger partial charge on any atom is 0.251 e. The molecule has 0 radical (unpaired) electrons. The lowest BCUT2D eigenvalue weighted by atomic mass is 9.96. The molecule has 2 aliphatic heterocycles. The lowest BCUT2D eigenvalue weighted by molar-refractivity contribution is -0.123. The van der Waals surface area contributed by atoms with E-state index in [1.54, 1.807) is 31.4 Å². The summed E-state index contributed by atoms with van der Waals surface area (Å²) in [4.78, 5) is 32.0. The fourth-order valence-electron chi connectivity index (χ4n) is 5.10. The van der Waals surface area contributed by atoms with Gasteiger partial charge < -0.3 is 4.74 Å². The first-order valence-corrected chi connectivity index (χ1v) is 11.7. The van der Waals surface area contributed by atoms with Gasteiger partial charge in [0.1, 0.15) is 5.75 Å². The molecule has 0 bridgehead atoms. The number of carbonyl (C=O) groups is 2. The molecule has 0 N–H and O–H groups in total. The molecule has 0 saturated carbocycles. The zero-order chi connectivity index (χ0) is 23.5. The Morgan fingerprint density at radius 2 is 1.32 bits per heavy atom. The van der Waals surface area contributed by atoms with E-state index in [0.29, 0.717) is 11.4 Å². The van der Waals surface area contributed by atoms with Crippen LogP contribution in [0.2, 0.25) is 0 Å². The molecular weight excluding hydrogens is 426 g/mol. The Hall–Kier alpha value is -3.48. The molecule has 1 unspecified atom stereocenters. The minimum Gasteiger partial charge on any atom is -0.497 e. The van der Waals surface area contributed by atoms with Crippen molar-refractivity contribution in [2.45, 2.75) is 18.5 Å². The third-order valence-electron chi connectivity index (χ3n) is 6.84. The highest BCUT2D eigenvalue weighted by molar-refractivity contribution is 6.22. The van der Waals surface area contributed by atoms with Crippen LogP contribution in [0.1, 0.15) is 23.6 Å². The number of methoxy groups -OCH3 is 1. The summed E-state index contributed by atoms with van der Waals surface area (Å²) in [6, 6.07) is 28.0. The molecule has 3 aromatic rings. The summed E-state index contributed by atoms with van der Waals surface area (Å²) in [5.41, 5.74) is 3.13. The van der Waals surface area contributed by atoms with Crippen LogP contribution >= 0.6 is 0 Å². The quantitative estimate of drug-likeness (QED) is 0.530. The maximum atomic E-state index is 13.2. The maximum absolute atomic E-state index is 13.2. The van der Waals surface area contributed by atoms with Crippen molar-refractivity contribution in [3.63, 3.8) is 0 Å². The van der Waals surface area contributed by atoms with Gasteiger partial charge in [-0.2, -0.15) is 0 Å². The van der Waals surface area contributed by atoms with E-state index in [0.717, 1.165) is 26.2 Å². The van der Waals surface area contributed by atoms with E-state index in [-0.39, 0.29) is 24.3 Å². The number of ether oxygens (including phenoxy) is 1. The zero-order valence-corrected chi connectivity index (χ0v) is 19.3. The van der Waals surface area contributed by atoms with Crippen molar-refractivity contribution >= 4 is 17.5 Å². The highest BCUT2D eigenvalue weighted by Gasteiger charge is 2.43. The first-order chi connectivity index (χ1) is 16.7. The van der Waals surface area contributed by atoms with Crippen LogP contribution in [0.25, 0.3) is 0 Å². The zero-order valence-electron chi connectivity index (χ0n) is 19.3. The van der Waals surface area contributed by atoms with Gasteiger partial charge in [-0.25, -0.2) is 4.90 Å². The predicted molar refractivity (Wildman–Crippen MR) is 132 cm³/mol. The highest BCUT2D eigenvalue weighted by Crippen LogP contribution is 2.32. The Labute approximate surface area is 200 Å². The van der Waals surface area contributed by atoms with Crippen molar-refractivity contribution in [1.82, 2.24) is 9.80 Å². The second-order valence-electron chi connectivity index (χ2n) is 8.78. The Morgan fingerprint density at radius 1 is 0.765 bits per heavy atom. The minimum atomic E-state index is -0.399. The molecule has 2 saturated heterocycles. The van der Waals surface area contributed by atoms with Gasteiger partial charge in [-0.15, -0.1) is 0 Å². The number of imide groups is 1. The third-order valence-corrected chi connectivity index (χ3v) is 6.84. The number of hydrogen-bond donors (Lipinski definition) is 0. The van der Waals surface area contributed by atoms with Gasteiger partial charge in [-0.1, -0.05) is 60.7 Å².